The lowest BCUT2D eigenvalue weighted by molar-refractivity contribution is 0.531. The molecule has 0 aromatic heterocycles. The van der Waals surface area contributed by atoms with Crippen molar-refractivity contribution in [2.75, 3.05) is 18.6 Å². The number of hydrogen-bond donors (Lipinski definition) is 1. The fourth-order valence-corrected chi connectivity index (χ4v) is 2.62. The first-order valence-corrected chi connectivity index (χ1v) is 7.93. The molecule has 0 aliphatic heterocycles. The predicted octanol–water partition coefficient (Wildman–Crippen LogP) is 1.98. The van der Waals surface area contributed by atoms with Crippen molar-refractivity contribution in [3.05, 3.63) is 0 Å². The zero-order valence-electron chi connectivity index (χ0n) is 10.3. The van der Waals surface area contributed by atoms with Gasteiger partial charge < -0.3 is 5.32 Å². The normalized spacial score (nSPS) is 14.1. The highest BCUT2D eigenvalue weighted by Crippen LogP contribution is 2.01. The largest absolute Gasteiger partial charge is 0.313 e. The van der Waals surface area contributed by atoms with Gasteiger partial charge in [-0.25, -0.2) is 8.42 Å². The summed E-state index contributed by atoms with van der Waals surface area (Å²) in [6, 6.07) is 0.0752. The van der Waals surface area contributed by atoms with Crippen LogP contribution in [0.4, 0.5) is 0 Å². The zero-order chi connectivity index (χ0) is 11.7. The Balaban J connectivity index is 3.36. The van der Waals surface area contributed by atoms with E-state index in [1.54, 1.807) is 0 Å². The predicted molar refractivity (Wildman–Crippen MR) is 65.9 cm³/mol. The smallest absolute Gasteiger partial charge is 0.148 e. The van der Waals surface area contributed by atoms with Gasteiger partial charge in [0.05, 0.1) is 5.75 Å². The third kappa shape index (κ3) is 11.8. The highest BCUT2D eigenvalue weighted by atomic mass is 32.2. The summed E-state index contributed by atoms with van der Waals surface area (Å²) in [4.78, 5) is 0. The van der Waals surface area contributed by atoms with Crippen molar-refractivity contribution in [1.29, 1.82) is 0 Å². The third-order valence-electron chi connectivity index (χ3n) is 2.33. The Hall–Kier alpha value is -0.0900. The van der Waals surface area contributed by atoms with Gasteiger partial charge in [0.2, 0.25) is 0 Å². The van der Waals surface area contributed by atoms with Crippen molar-refractivity contribution < 1.29 is 8.42 Å². The fourth-order valence-electron chi connectivity index (χ4n) is 1.59. The number of hydrogen-bond acceptors (Lipinski definition) is 3. The monoisotopic (exact) mass is 235 g/mol. The molecule has 0 aliphatic carbocycles. The lowest BCUT2D eigenvalue weighted by Gasteiger charge is -2.12. The quantitative estimate of drug-likeness (QED) is 0.622. The van der Waals surface area contributed by atoms with Crippen LogP contribution in [0.25, 0.3) is 0 Å². The molecule has 92 valence electrons. The molecule has 1 atom stereocenters. The molecule has 0 aromatic carbocycles. The second-order valence-electron chi connectivity index (χ2n) is 4.36. The van der Waals surface area contributed by atoms with Crippen molar-refractivity contribution in [2.24, 2.45) is 0 Å². The maximum atomic E-state index is 11.0. The SMILES string of the molecule is CCCCCCCNC(C)CS(C)(=O)=O. The molecule has 15 heavy (non-hydrogen) atoms. The summed E-state index contributed by atoms with van der Waals surface area (Å²) in [5, 5.41) is 3.24. The minimum Gasteiger partial charge on any atom is -0.313 e. The Bertz CT molecular complexity index is 237. The van der Waals surface area contributed by atoms with Gasteiger partial charge in [0.25, 0.3) is 0 Å². The van der Waals surface area contributed by atoms with Crippen molar-refractivity contribution in [1.82, 2.24) is 5.32 Å². The van der Waals surface area contributed by atoms with Crippen LogP contribution in [0.15, 0.2) is 0 Å². The topological polar surface area (TPSA) is 46.2 Å². The molecule has 0 fully saturated rings. The summed E-state index contributed by atoms with van der Waals surface area (Å²) in [5.41, 5.74) is 0. The lowest BCUT2D eigenvalue weighted by Crippen LogP contribution is -2.33. The van der Waals surface area contributed by atoms with E-state index in [-0.39, 0.29) is 11.8 Å². The molecule has 1 unspecified atom stereocenters. The van der Waals surface area contributed by atoms with Gasteiger partial charge >= 0.3 is 0 Å². The van der Waals surface area contributed by atoms with Gasteiger partial charge in [0.15, 0.2) is 0 Å². The first-order chi connectivity index (χ1) is 6.95. The summed E-state index contributed by atoms with van der Waals surface area (Å²) in [6.45, 7) is 5.06. The van der Waals surface area contributed by atoms with Crippen LogP contribution in [0.1, 0.15) is 46.0 Å². The Labute approximate surface area is 94.6 Å². The Morgan fingerprint density at radius 3 is 2.27 bits per heavy atom. The molecule has 0 amide bonds. The average Bonchev–Trinajstić information content (AvgIpc) is 2.08. The molecule has 0 aromatic rings. The van der Waals surface area contributed by atoms with Crippen LogP contribution in [0.2, 0.25) is 0 Å². The molecular formula is C11H25NO2S. The van der Waals surface area contributed by atoms with E-state index in [1.807, 2.05) is 6.92 Å². The van der Waals surface area contributed by atoms with E-state index >= 15 is 0 Å². The zero-order valence-corrected chi connectivity index (χ0v) is 11.1. The van der Waals surface area contributed by atoms with E-state index in [4.69, 9.17) is 0 Å². The highest BCUT2D eigenvalue weighted by molar-refractivity contribution is 7.90. The molecule has 3 nitrogen and oxygen atoms in total. The highest BCUT2D eigenvalue weighted by Gasteiger charge is 2.08. The van der Waals surface area contributed by atoms with E-state index in [2.05, 4.69) is 12.2 Å². The molecule has 0 aliphatic rings. The molecule has 1 N–H and O–H groups in total. The second-order valence-corrected chi connectivity index (χ2v) is 6.55. The van der Waals surface area contributed by atoms with Crippen LogP contribution in [0.5, 0.6) is 0 Å². The van der Waals surface area contributed by atoms with E-state index in [0.29, 0.717) is 0 Å². The van der Waals surface area contributed by atoms with E-state index in [9.17, 15) is 8.42 Å². The summed E-state index contributed by atoms with van der Waals surface area (Å²) in [7, 11) is -2.84. The van der Waals surface area contributed by atoms with Crippen LogP contribution in [0, 0.1) is 0 Å². The first kappa shape index (κ1) is 14.9. The van der Waals surface area contributed by atoms with Crippen LogP contribution in [0.3, 0.4) is 0 Å². The molecule has 0 spiro atoms. The van der Waals surface area contributed by atoms with Gasteiger partial charge in [0, 0.05) is 12.3 Å². The molecule has 0 radical (unpaired) electrons. The van der Waals surface area contributed by atoms with Crippen molar-refractivity contribution in [3.8, 4) is 0 Å². The Morgan fingerprint density at radius 1 is 1.13 bits per heavy atom. The van der Waals surface area contributed by atoms with Gasteiger partial charge in [-0.05, 0) is 19.9 Å². The van der Waals surface area contributed by atoms with Gasteiger partial charge in [-0.3, -0.25) is 0 Å². The second kappa shape index (κ2) is 8.11. The van der Waals surface area contributed by atoms with Gasteiger partial charge in [-0.2, -0.15) is 0 Å². The molecule has 0 heterocycles. The van der Waals surface area contributed by atoms with Crippen molar-refractivity contribution in [2.45, 2.75) is 52.0 Å². The average molecular weight is 235 g/mol. The third-order valence-corrected chi connectivity index (χ3v) is 3.43. The van der Waals surface area contributed by atoms with Crippen molar-refractivity contribution in [3.63, 3.8) is 0 Å². The van der Waals surface area contributed by atoms with E-state index < -0.39 is 9.84 Å². The molecule has 0 rings (SSSR count). The van der Waals surface area contributed by atoms with Gasteiger partial charge in [-0.1, -0.05) is 32.6 Å². The molecule has 0 saturated carbocycles. The summed E-state index contributed by atoms with van der Waals surface area (Å²) < 4.78 is 22.0. The fraction of sp³-hybridized carbons (Fsp3) is 1.00. The van der Waals surface area contributed by atoms with E-state index in [0.717, 1.165) is 13.0 Å². The summed E-state index contributed by atoms with van der Waals surface area (Å²) in [5.74, 6) is 0.238. The molecular weight excluding hydrogens is 210 g/mol. The maximum absolute atomic E-state index is 11.0. The van der Waals surface area contributed by atoms with Gasteiger partial charge in [0.1, 0.15) is 9.84 Å². The first-order valence-electron chi connectivity index (χ1n) is 5.87. The summed E-state index contributed by atoms with van der Waals surface area (Å²) >= 11 is 0. The van der Waals surface area contributed by atoms with Crippen LogP contribution in [-0.2, 0) is 9.84 Å². The number of unbranched alkanes of at least 4 members (excludes halogenated alkanes) is 4. The molecule has 4 heteroatoms. The minimum atomic E-state index is -2.84. The standard InChI is InChI=1S/C11H25NO2S/c1-4-5-6-7-8-9-12-11(2)10-15(3,13)14/h11-12H,4-10H2,1-3H3. The number of nitrogens with one attached hydrogen (secondary N) is 1. The lowest BCUT2D eigenvalue weighted by atomic mass is 10.1. The Morgan fingerprint density at radius 2 is 1.73 bits per heavy atom. The van der Waals surface area contributed by atoms with Crippen LogP contribution >= 0.6 is 0 Å². The van der Waals surface area contributed by atoms with Crippen molar-refractivity contribution >= 4 is 9.84 Å². The van der Waals surface area contributed by atoms with Crippen LogP contribution in [-0.4, -0.2) is 33.0 Å². The van der Waals surface area contributed by atoms with E-state index in [1.165, 1.54) is 31.9 Å². The Kier molecular flexibility index (Phi) is 8.06. The minimum absolute atomic E-state index is 0.0752. The van der Waals surface area contributed by atoms with Crippen LogP contribution < -0.4 is 5.32 Å². The molecule has 0 bridgehead atoms. The molecule has 0 saturated heterocycles. The number of sulfone groups is 1. The maximum Gasteiger partial charge on any atom is 0.148 e. The van der Waals surface area contributed by atoms with Gasteiger partial charge in [-0.15, -0.1) is 0 Å². The number of rotatable bonds is 9. The summed E-state index contributed by atoms with van der Waals surface area (Å²) in [6.07, 6.45) is 7.53.